The Labute approximate surface area is 125 Å². The van der Waals surface area contributed by atoms with Gasteiger partial charge in [-0.25, -0.2) is 0 Å². The van der Waals surface area contributed by atoms with Gasteiger partial charge >= 0.3 is 0 Å². The van der Waals surface area contributed by atoms with E-state index in [0.29, 0.717) is 6.04 Å². The highest BCUT2D eigenvalue weighted by atomic mass is 16.3. The third kappa shape index (κ3) is 3.96. The lowest BCUT2D eigenvalue weighted by molar-refractivity contribution is 0.129. The Morgan fingerprint density at radius 2 is 1.95 bits per heavy atom. The van der Waals surface area contributed by atoms with Crippen LogP contribution in [0.25, 0.3) is 0 Å². The van der Waals surface area contributed by atoms with E-state index >= 15 is 0 Å². The minimum Gasteiger partial charge on any atom is -0.394 e. The zero-order valence-electron chi connectivity index (χ0n) is 13.7. The zero-order valence-corrected chi connectivity index (χ0v) is 13.7. The van der Waals surface area contributed by atoms with Crippen molar-refractivity contribution in [1.82, 2.24) is 10.2 Å². The second-order valence-corrected chi connectivity index (χ2v) is 7.04. The van der Waals surface area contributed by atoms with E-state index in [1.165, 1.54) is 45.1 Å². The molecular weight excluding hydrogens is 248 g/mol. The number of nitrogens with zero attached hydrogens (tertiary/aromatic N) is 1. The fraction of sp³-hybridized carbons (Fsp3) is 1.00. The number of rotatable bonds is 9. The SMILES string of the molecule is CCC1CCC(C)N1CCCC(CC)(CO)NC1CC1. The summed E-state index contributed by atoms with van der Waals surface area (Å²) in [5, 5.41) is 13.5. The summed E-state index contributed by atoms with van der Waals surface area (Å²) in [7, 11) is 0. The average molecular weight is 282 g/mol. The van der Waals surface area contributed by atoms with Crippen molar-refractivity contribution >= 4 is 0 Å². The molecule has 2 N–H and O–H groups in total. The van der Waals surface area contributed by atoms with Crippen molar-refractivity contribution in [3.05, 3.63) is 0 Å². The predicted molar refractivity (Wildman–Crippen MR) is 85.0 cm³/mol. The Bertz CT molecular complexity index is 287. The van der Waals surface area contributed by atoms with Crippen molar-refractivity contribution in [2.75, 3.05) is 13.2 Å². The highest BCUT2D eigenvalue weighted by Crippen LogP contribution is 2.29. The van der Waals surface area contributed by atoms with Gasteiger partial charge in [-0.2, -0.15) is 0 Å². The largest absolute Gasteiger partial charge is 0.394 e. The first-order valence-electron chi connectivity index (χ1n) is 8.78. The van der Waals surface area contributed by atoms with Gasteiger partial charge in [0.2, 0.25) is 0 Å². The smallest absolute Gasteiger partial charge is 0.0613 e. The van der Waals surface area contributed by atoms with Gasteiger partial charge in [-0.05, 0) is 64.8 Å². The van der Waals surface area contributed by atoms with E-state index in [-0.39, 0.29) is 12.1 Å². The molecule has 2 aliphatic rings. The molecule has 1 heterocycles. The quantitative estimate of drug-likeness (QED) is 0.682. The molecule has 0 amide bonds. The highest BCUT2D eigenvalue weighted by molar-refractivity contribution is 4.95. The Hall–Kier alpha value is -0.120. The molecule has 0 aromatic heterocycles. The summed E-state index contributed by atoms with van der Waals surface area (Å²) in [4.78, 5) is 2.70. The van der Waals surface area contributed by atoms with E-state index in [4.69, 9.17) is 0 Å². The lowest BCUT2D eigenvalue weighted by Gasteiger charge is -2.34. The molecule has 20 heavy (non-hydrogen) atoms. The minimum atomic E-state index is -0.0220. The maximum Gasteiger partial charge on any atom is 0.0613 e. The van der Waals surface area contributed by atoms with Crippen LogP contribution in [0.4, 0.5) is 0 Å². The van der Waals surface area contributed by atoms with Crippen LogP contribution in [-0.2, 0) is 0 Å². The van der Waals surface area contributed by atoms with Gasteiger partial charge in [0, 0.05) is 23.7 Å². The van der Waals surface area contributed by atoms with Crippen molar-refractivity contribution in [3.63, 3.8) is 0 Å². The van der Waals surface area contributed by atoms with Crippen molar-refractivity contribution < 1.29 is 5.11 Å². The van der Waals surface area contributed by atoms with Crippen LogP contribution in [-0.4, -0.2) is 46.8 Å². The molecule has 1 saturated carbocycles. The second kappa shape index (κ2) is 7.24. The van der Waals surface area contributed by atoms with Gasteiger partial charge in [0.05, 0.1) is 6.61 Å². The van der Waals surface area contributed by atoms with Crippen LogP contribution in [0.3, 0.4) is 0 Å². The fourth-order valence-electron chi connectivity index (χ4n) is 3.81. The number of nitrogens with one attached hydrogen (secondary N) is 1. The van der Waals surface area contributed by atoms with E-state index < -0.39 is 0 Å². The monoisotopic (exact) mass is 282 g/mol. The Morgan fingerprint density at radius 1 is 1.20 bits per heavy atom. The molecule has 3 nitrogen and oxygen atoms in total. The maximum atomic E-state index is 9.82. The maximum absolute atomic E-state index is 9.82. The molecule has 0 aromatic carbocycles. The first-order chi connectivity index (χ1) is 9.64. The summed E-state index contributed by atoms with van der Waals surface area (Å²) in [5.74, 6) is 0. The lowest BCUT2D eigenvalue weighted by Crippen LogP contribution is -2.49. The van der Waals surface area contributed by atoms with Crippen LogP contribution in [0.1, 0.15) is 72.1 Å². The number of hydrogen-bond donors (Lipinski definition) is 2. The number of aliphatic hydroxyl groups excluding tert-OH is 1. The number of likely N-dealkylation sites (tertiary alicyclic amines) is 1. The Kier molecular flexibility index (Phi) is 5.88. The molecule has 0 radical (unpaired) electrons. The molecule has 2 rings (SSSR count). The van der Waals surface area contributed by atoms with E-state index in [2.05, 4.69) is 31.0 Å². The number of hydrogen-bond acceptors (Lipinski definition) is 3. The fourth-order valence-corrected chi connectivity index (χ4v) is 3.81. The van der Waals surface area contributed by atoms with Crippen LogP contribution in [0.2, 0.25) is 0 Å². The van der Waals surface area contributed by atoms with Gasteiger partial charge in [-0.3, -0.25) is 4.90 Å². The molecule has 3 unspecified atom stereocenters. The molecule has 2 fully saturated rings. The van der Waals surface area contributed by atoms with E-state index in [9.17, 15) is 5.11 Å². The van der Waals surface area contributed by atoms with Crippen LogP contribution in [0.5, 0.6) is 0 Å². The van der Waals surface area contributed by atoms with Gasteiger partial charge in [-0.1, -0.05) is 13.8 Å². The molecule has 0 spiro atoms. The van der Waals surface area contributed by atoms with E-state index in [0.717, 1.165) is 24.9 Å². The van der Waals surface area contributed by atoms with Crippen molar-refractivity contribution in [2.24, 2.45) is 0 Å². The Morgan fingerprint density at radius 3 is 2.50 bits per heavy atom. The summed E-state index contributed by atoms with van der Waals surface area (Å²) in [6.45, 7) is 8.38. The molecule has 1 aliphatic carbocycles. The molecule has 3 atom stereocenters. The minimum absolute atomic E-state index is 0.0220. The molecule has 118 valence electrons. The third-order valence-corrected chi connectivity index (χ3v) is 5.56. The predicted octanol–water partition coefficient (Wildman–Crippen LogP) is 2.92. The standard InChI is InChI=1S/C17H34N2O/c1-4-16-10-7-14(3)19(16)12-6-11-17(5-2,13-20)18-15-8-9-15/h14-16,18,20H,4-13H2,1-3H3. The van der Waals surface area contributed by atoms with Crippen LogP contribution >= 0.6 is 0 Å². The van der Waals surface area contributed by atoms with E-state index in [1.54, 1.807) is 0 Å². The van der Waals surface area contributed by atoms with Crippen LogP contribution < -0.4 is 5.32 Å². The van der Waals surface area contributed by atoms with Gasteiger partial charge in [-0.15, -0.1) is 0 Å². The second-order valence-electron chi connectivity index (χ2n) is 7.04. The topological polar surface area (TPSA) is 35.5 Å². The van der Waals surface area contributed by atoms with Crippen LogP contribution in [0, 0.1) is 0 Å². The van der Waals surface area contributed by atoms with E-state index in [1.807, 2.05) is 0 Å². The summed E-state index contributed by atoms with van der Waals surface area (Å²) < 4.78 is 0. The van der Waals surface area contributed by atoms with Gasteiger partial charge in [0.25, 0.3) is 0 Å². The molecule has 0 bridgehead atoms. The van der Waals surface area contributed by atoms with Gasteiger partial charge in [0.1, 0.15) is 0 Å². The van der Waals surface area contributed by atoms with Gasteiger partial charge < -0.3 is 10.4 Å². The molecule has 1 saturated heterocycles. The molecule has 0 aromatic rings. The Balaban J connectivity index is 1.79. The summed E-state index contributed by atoms with van der Waals surface area (Å²) in [5.41, 5.74) is -0.0220. The van der Waals surface area contributed by atoms with Crippen molar-refractivity contribution in [3.8, 4) is 0 Å². The first kappa shape index (κ1) is 16.3. The molecule has 1 aliphatic heterocycles. The average Bonchev–Trinajstić information content (AvgIpc) is 3.21. The normalized spacial score (nSPS) is 30.6. The van der Waals surface area contributed by atoms with Crippen LogP contribution in [0.15, 0.2) is 0 Å². The summed E-state index contributed by atoms with van der Waals surface area (Å²) in [6.07, 6.45) is 9.95. The third-order valence-electron chi connectivity index (χ3n) is 5.56. The highest BCUT2D eigenvalue weighted by Gasteiger charge is 2.35. The van der Waals surface area contributed by atoms with Gasteiger partial charge in [0.15, 0.2) is 0 Å². The molecule has 3 heteroatoms. The summed E-state index contributed by atoms with van der Waals surface area (Å²) >= 11 is 0. The lowest BCUT2D eigenvalue weighted by atomic mass is 9.90. The molecular formula is C17H34N2O. The van der Waals surface area contributed by atoms with Crippen molar-refractivity contribution in [2.45, 2.75) is 95.8 Å². The van der Waals surface area contributed by atoms with Crippen molar-refractivity contribution in [1.29, 1.82) is 0 Å². The summed E-state index contributed by atoms with van der Waals surface area (Å²) in [6, 6.07) is 2.23. The zero-order chi connectivity index (χ0) is 14.6. The first-order valence-corrected chi connectivity index (χ1v) is 8.78. The number of aliphatic hydroxyl groups is 1.